The van der Waals surface area contributed by atoms with Crippen molar-refractivity contribution in [2.45, 2.75) is 31.5 Å². The van der Waals surface area contributed by atoms with Gasteiger partial charge in [0.1, 0.15) is 0 Å². The van der Waals surface area contributed by atoms with Gasteiger partial charge in [0.2, 0.25) is 0 Å². The molecule has 2 heterocycles. The van der Waals surface area contributed by atoms with Crippen LogP contribution in [-0.4, -0.2) is 35.9 Å². The summed E-state index contributed by atoms with van der Waals surface area (Å²) in [6, 6.07) is 15.8. The molecule has 2 aromatic carbocycles. The smallest absolute Gasteiger partial charge is 0.175 e. The third kappa shape index (κ3) is 3.68. The lowest BCUT2D eigenvalue weighted by Gasteiger charge is -2.29. The predicted molar refractivity (Wildman–Crippen MR) is 106 cm³/mol. The van der Waals surface area contributed by atoms with Gasteiger partial charge >= 0.3 is 0 Å². The quantitative estimate of drug-likeness (QED) is 0.696. The van der Waals surface area contributed by atoms with Crippen molar-refractivity contribution in [2.75, 3.05) is 12.8 Å². The van der Waals surface area contributed by atoms with Crippen molar-refractivity contribution >= 4 is 9.84 Å². The van der Waals surface area contributed by atoms with Crippen molar-refractivity contribution in [3.8, 4) is 11.1 Å². The lowest BCUT2D eigenvalue weighted by Crippen LogP contribution is -2.34. The highest BCUT2D eigenvalue weighted by molar-refractivity contribution is 7.90. The number of aromatic nitrogens is 2. The maximum atomic E-state index is 12.1. The van der Waals surface area contributed by atoms with Gasteiger partial charge < -0.3 is 0 Å². The van der Waals surface area contributed by atoms with Crippen molar-refractivity contribution in [1.82, 2.24) is 14.7 Å². The number of sulfone groups is 1. The topological polar surface area (TPSA) is 55.2 Å². The Morgan fingerprint density at radius 1 is 1.04 bits per heavy atom. The summed E-state index contributed by atoms with van der Waals surface area (Å²) < 4.78 is 26.2. The van der Waals surface area contributed by atoms with Gasteiger partial charge in [0.05, 0.1) is 23.3 Å². The van der Waals surface area contributed by atoms with Gasteiger partial charge in [-0.1, -0.05) is 48.0 Å². The van der Waals surface area contributed by atoms with E-state index in [1.54, 1.807) is 12.1 Å². The normalized spacial score (nSPS) is 14.9. The molecule has 0 aliphatic carbocycles. The molecule has 4 rings (SSSR count). The van der Waals surface area contributed by atoms with Crippen LogP contribution in [0.5, 0.6) is 0 Å². The van der Waals surface area contributed by atoms with Crippen molar-refractivity contribution in [3.05, 3.63) is 71.5 Å². The van der Waals surface area contributed by atoms with E-state index in [4.69, 9.17) is 0 Å². The monoisotopic (exact) mass is 381 g/mol. The molecule has 0 fully saturated rings. The van der Waals surface area contributed by atoms with Crippen LogP contribution in [0.1, 0.15) is 16.8 Å². The molecule has 27 heavy (non-hydrogen) atoms. The average Bonchev–Trinajstić information content (AvgIpc) is 3.05. The fourth-order valence-corrected chi connectivity index (χ4v) is 4.58. The Morgan fingerprint density at radius 2 is 1.78 bits per heavy atom. The first-order valence-electron chi connectivity index (χ1n) is 9.04. The maximum Gasteiger partial charge on any atom is 0.175 e. The minimum absolute atomic E-state index is 0.419. The van der Waals surface area contributed by atoms with Gasteiger partial charge in [-0.15, -0.1) is 0 Å². The van der Waals surface area contributed by atoms with E-state index in [-0.39, 0.29) is 0 Å². The Bertz CT molecular complexity index is 1070. The SMILES string of the molecule is Cc1ccc(-c2cnn3c2CN(Cc2ccccc2S(C)(=O)=O)CC3)cc1. The van der Waals surface area contributed by atoms with Crippen molar-refractivity contribution < 1.29 is 8.42 Å². The van der Waals surface area contributed by atoms with Crippen LogP contribution in [0.15, 0.2) is 59.6 Å². The Kier molecular flexibility index (Phi) is 4.61. The molecule has 5 nitrogen and oxygen atoms in total. The molecule has 0 spiro atoms. The Balaban J connectivity index is 1.61. The summed E-state index contributed by atoms with van der Waals surface area (Å²) in [5.41, 5.74) is 5.59. The molecule has 0 saturated heterocycles. The number of fused-ring (bicyclic) bond motifs is 1. The lowest BCUT2D eigenvalue weighted by atomic mass is 10.0. The molecule has 1 aliphatic heterocycles. The van der Waals surface area contributed by atoms with Gasteiger partial charge in [0.15, 0.2) is 9.84 Å². The average molecular weight is 382 g/mol. The van der Waals surface area contributed by atoms with Crippen molar-refractivity contribution in [2.24, 2.45) is 0 Å². The zero-order valence-electron chi connectivity index (χ0n) is 15.6. The fourth-order valence-electron chi connectivity index (χ4n) is 3.64. The van der Waals surface area contributed by atoms with Crippen LogP contribution in [-0.2, 0) is 29.5 Å². The van der Waals surface area contributed by atoms with Gasteiger partial charge in [-0.2, -0.15) is 5.10 Å². The zero-order chi connectivity index (χ0) is 19.0. The number of aryl methyl sites for hydroxylation is 1. The Labute approximate surface area is 160 Å². The van der Waals surface area contributed by atoms with E-state index in [0.717, 1.165) is 30.8 Å². The summed E-state index contributed by atoms with van der Waals surface area (Å²) in [6.45, 7) is 5.10. The van der Waals surface area contributed by atoms with E-state index < -0.39 is 9.84 Å². The van der Waals surface area contributed by atoms with Crippen LogP contribution >= 0.6 is 0 Å². The third-order valence-electron chi connectivity index (χ3n) is 5.08. The molecule has 0 amide bonds. The molecule has 0 N–H and O–H groups in total. The van der Waals surface area contributed by atoms with Gasteiger partial charge in [-0.25, -0.2) is 8.42 Å². The second-order valence-electron chi connectivity index (χ2n) is 7.18. The van der Waals surface area contributed by atoms with E-state index >= 15 is 0 Å². The van der Waals surface area contributed by atoms with Crippen LogP contribution < -0.4 is 0 Å². The van der Waals surface area contributed by atoms with E-state index in [1.807, 2.05) is 18.3 Å². The highest BCUT2D eigenvalue weighted by Gasteiger charge is 2.23. The van der Waals surface area contributed by atoms with Gasteiger partial charge in [-0.3, -0.25) is 9.58 Å². The molecular weight excluding hydrogens is 358 g/mol. The summed E-state index contributed by atoms with van der Waals surface area (Å²) in [7, 11) is -3.23. The van der Waals surface area contributed by atoms with Gasteiger partial charge in [0, 0.05) is 31.5 Å². The lowest BCUT2D eigenvalue weighted by molar-refractivity contribution is 0.204. The van der Waals surface area contributed by atoms with Crippen LogP contribution in [0.3, 0.4) is 0 Å². The molecule has 0 atom stereocenters. The first kappa shape index (κ1) is 17.9. The Morgan fingerprint density at radius 3 is 2.52 bits per heavy atom. The Hall–Kier alpha value is -2.44. The largest absolute Gasteiger partial charge is 0.291 e. The number of hydrogen-bond donors (Lipinski definition) is 0. The number of rotatable bonds is 4. The van der Waals surface area contributed by atoms with Crippen molar-refractivity contribution in [3.63, 3.8) is 0 Å². The number of hydrogen-bond acceptors (Lipinski definition) is 4. The maximum absolute atomic E-state index is 12.1. The van der Waals surface area contributed by atoms with Crippen LogP contribution in [0.2, 0.25) is 0 Å². The van der Waals surface area contributed by atoms with E-state index in [9.17, 15) is 8.42 Å². The standard InChI is InChI=1S/C21H23N3O2S/c1-16-7-9-17(10-8-16)19-13-22-24-12-11-23(15-20(19)24)14-18-5-3-4-6-21(18)27(2,25)26/h3-10,13H,11-12,14-15H2,1-2H3. The highest BCUT2D eigenvalue weighted by atomic mass is 32.2. The van der Waals surface area contributed by atoms with Crippen molar-refractivity contribution in [1.29, 1.82) is 0 Å². The molecule has 3 aromatic rings. The molecule has 0 bridgehead atoms. The highest BCUT2D eigenvalue weighted by Crippen LogP contribution is 2.28. The molecule has 140 valence electrons. The molecule has 1 aromatic heterocycles. The van der Waals surface area contributed by atoms with Crippen LogP contribution in [0.4, 0.5) is 0 Å². The molecule has 1 aliphatic rings. The predicted octanol–water partition coefficient (Wildman–Crippen LogP) is 3.28. The second-order valence-corrected chi connectivity index (χ2v) is 9.17. The minimum atomic E-state index is -3.23. The van der Waals surface area contributed by atoms with Crippen LogP contribution in [0.25, 0.3) is 11.1 Å². The summed E-state index contributed by atoms with van der Waals surface area (Å²) >= 11 is 0. The molecular formula is C21H23N3O2S. The minimum Gasteiger partial charge on any atom is -0.291 e. The first-order chi connectivity index (χ1) is 12.9. The summed E-state index contributed by atoms with van der Waals surface area (Å²) in [6.07, 6.45) is 3.21. The number of benzene rings is 2. The fraction of sp³-hybridized carbons (Fsp3) is 0.286. The molecule has 0 radical (unpaired) electrons. The van der Waals surface area contributed by atoms with E-state index in [1.165, 1.54) is 23.1 Å². The molecule has 6 heteroatoms. The third-order valence-corrected chi connectivity index (χ3v) is 6.28. The van der Waals surface area contributed by atoms with Crippen LogP contribution in [0, 0.1) is 6.92 Å². The molecule has 0 saturated carbocycles. The first-order valence-corrected chi connectivity index (χ1v) is 10.9. The van der Waals surface area contributed by atoms with Gasteiger partial charge in [0.25, 0.3) is 0 Å². The number of nitrogens with zero attached hydrogens (tertiary/aromatic N) is 3. The summed E-state index contributed by atoms with van der Waals surface area (Å²) in [5, 5.41) is 4.55. The molecule has 0 unspecified atom stereocenters. The van der Waals surface area contributed by atoms with Gasteiger partial charge in [-0.05, 0) is 24.1 Å². The second kappa shape index (κ2) is 6.94. The zero-order valence-corrected chi connectivity index (χ0v) is 16.4. The summed E-state index contributed by atoms with van der Waals surface area (Å²) in [4.78, 5) is 2.71. The van der Waals surface area contributed by atoms with E-state index in [0.29, 0.717) is 11.4 Å². The summed E-state index contributed by atoms with van der Waals surface area (Å²) in [5.74, 6) is 0. The van der Waals surface area contributed by atoms with E-state index in [2.05, 4.69) is 45.9 Å².